The minimum Gasteiger partial charge on any atom is -0.364 e. The number of nitrogens with one attached hydrogen (secondary N) is 1. The van der Waals surface area contributed by atoms with Gasteiger partial charge in [-0.15, -0.1) is 0 Å². The molecule has 8 heteroatoms. The second-order valence-electron chi connectivity index (χ2n) is 7.27. The van der Waals surface area contributed by atoms with Crippen molar-refractivity contribution in [2.75, 3.05) is 6.61 Å². The number of fused-ring (bicyclic) bond motifs is 2. The zero-order chi connectivity index (χ0) is 19.4. The Bertz CT molecular complexity index is 694. The maximum atomic E-state index is 12.6. The van der Waals surface area contributed by atoms with E-state index in [1.54, 1.807) is 6.92 Å². The van der Waals surface area contributed by atoms with Crippen molar-refractivity contribution in [3.8, 4) is 0 Å². The monoisotopic (exact) mass is 374 g/mol. The molecule has 2 bridgehead atoms. The lowest BCUT2D eigenvalue weighted by atomic mass is 9.91. The number of carbonyl (C=O) groups excluding carboxylic acids is 1. The van der Waals surface area contributed by atoms with Crippen LogP contribution in [0.4, 0.5) is 0 Å². The Balaban J connectivity index is 1.58. The van der Waals surface area contributed by atoms with Gasteiger partial charge in [-0.2, -0.15) is 0 Å². The van der Waals surface area contributed by atoms with E-state index in [-0.39, 0.29) is 24.0 Å². The summed E-state index contributed by atoms with van der Waals surface area (Å²) in [7, 11) is 0. The number of benzene rings is 1. The van der Waals surface area contributed by atoms with Gasteiger partial charge in [-0.1, -0.05) is 42.4 Å². The molecule has 1 aromatic rings. The van der Waals surface area contributed by atoms with Crippen LogP contribution in [-0.4, -0.2) is 49.2 Å². The molecule has 2 aliphatic heterocycles. The van der Waals surface area contributed by atoms with Crippen molar-refractivity contribution in [2.45, 2.75) is 63.9 Å². The van der Waals surface area contributed by atoms with Gasteiger partial charge < -0.3 is 19.5 Å². The summed E-state index contributed by atoms with van der Waals surface area (Å²) in [6.45, 7) is 6.08. The maximum Gasteiger partial charge on any atom is 0.249 e. The minimum atomic E-state index is -0.676. The average molecular weight is 374 g/mol. The number of amides is 1. The number of azide groups is 1. The number of rotatable bonds is 7. The summed E-state index contributed by atoms with van der Waals surface area (Å²) in [6, 6.07) is 9.36. The zero-order valence-corrected chi connectivity index (χ0v) is 15.8. The van der Waals surface area contributed by atoms with Crippen molar-refractivity contribution in [3.05, 3.63) is 46.3 Å². The number of hydrogen-bond acceptors (Lipinski definition) is 5. The summed E-state index contributed by atoms with van der Waals surface area (Å²) in [6.07, 6.45) is -1.09. The standard InChI is InChI=1S/C19H26N4O4/c1-11(9-14-7-5-4-6-8-14)21-18(24)13(3)26-17-12(2)15-10-25-19(27-15)16(17)22-23-20/h4-8,11-13,15-17,19H,9-10H2,1-3H3,(H,21,24)/t11-,12-,13-,15-,16-,17+,19-/m1/s1. The molecule has 146 valence electrons. The number of nitrogens with zero attached hydrogens (tertiary/aromatic N) is 3. The Labute approximate surface area is 158 Å². The first-order valence-corrected chi connectivity index (χ1v) is 9.30. The van der Waals surface area contributed by atoms with Gasteiger partial charge in [0.25, 0.3) is 0 Å². The van der Waals surface area contributed by atoms with E-state index in [2.05, 4.69) is 15.3 Å². The molecule has 0 saturated carbocycles. The van der Waals surface area contributed by atoms with E-state index in [4.69, 9.17) is 19.7 Å². The van der Waals surface area contributed by atoms with Crippen molar-refractivity contribution >= 4 is 5.91 Å². The van der Waals surface area contributed by atoms with Crippen molar-refractivity contribution in [3.63, 3.8) is 0 Å². The van der Waals surface area contributed by atoms with Gasteiger partial charge in [-0.05, 0) is 31.4 Å². The van der Waals surface area contributed by atoms with Gasteiger partial charge in [0.1, 0.15) is 12.1 Å². The molecule has 0 aliphatic carbocycles. The highest BCUT2D eigenvalue weighted by Gasteiger charge is 2.49. The van der Waals surface area contributed by atoms with Crippen LogP contribution in [0.15, 0.2) is 35.4 Å². The van der Waals surface area contributed by atoms with E-state index in [1.165, 1.54) is 0 Å². The van der Waals surface area contributed by atoms with E-state index in [0.717, 1.165) is 12.0 Å². The van der Waals surface area contributed by atoms with Crippen LogP contribution >= 0.6 is 0 Å². The van der Waals surface area contributed by atoms with Gasteiger partial charge in [0.15, 0.2) is 6.29 Å². The van der Waals surface area contributed by atoms with E-state index >= 15 is 0 Å². The maximum absolute atomic E-state index is 12.6. The van der Waals surface area contributed by atoms with Crippen LogP contribution in [0.1, 0.15) is 26.3 Å². The smallest absolute Gasteiger partial charge is 0.249 e. The molecule has 1 aromatic carbocycles. The SMILES string of the molecule is C[C@H]1[C@H](O[C@H](C)C(=O)N[C@H](C)Cc2ccccc2)[C@@H](N=[N+]=[N-])[C@@H]2OC[C@H]1O2. The third kappa shape index (κ3) is 4.59. The molecule has 0 aromatic heterocycles. The Kier molecular flexibility index (Phi) is 6.34. The van der Waals surface area contributed by atoms with Crippen molar-refractivity contribution in [2.24, 2.45) is 11.0 Å². The normalized spacial score (nSPS) is 31.6. The van der Waals surface area contributed by atoms with Crippen molar-refractivity contribution in [1.82, 2.24) is 5.32 Å². The van der Waals surface area contributed by atoms with E-state index in [9.17, 15) is 4.79 Å². The van der Waals surface area contributed by atoms with Crippen LogP contribution in [0.3, 0.4) is 0 Å². The molecule has 2 saturated heterocycles. The summed E-state index contributed by atoms with van der Waals surface area (Å²) in [5.41, 5.74) is 10.0. The first-order valence-electron chi connectivity index (χ1n) is 9.30. The highest BCUT2D eigenvalue weighted by molar-refractivity contribution is 5.80. The average Bonchev–Trinajstić information content (AvgIpc) is 3.10. The fourth-order valence-electron chi connectivity index (χ4n) is 3.63. The number of carbonyl (C=O) groups is 1. The Morgan fingerprint density at radius 3 is 2.85 bits per heavy atom. The first kappa shape index (κ1) is 19.6. The van der Waals surface area contributed by atoms with Crippen LogP contribution < -0.4 is 5.32 Å². The molecule has 27 heavy (non-hydrogen) atoms. The molecule has 8 nitrogen and oxygen atoms in total. The molecule has 7 atom stereocenters. The summed E-state index contributed by atoms with van der Waals surface area (Å²) >= 11 is 0. The predicted octanol–water partition coefficient (Wildman–Crippen LogP) is 2.58. The lowest BCUT2D eigenvalue weighted by Crippen LogP contribution is -2.52. The minimum absolute atomic E-state index is 0.0227. The Morgan fingerprint density at radius 2 is 2.15 bits per heavy atom. The molecule has 2 heterocycles. The topological polar surface area (TPSA) is 106 Å². The lowest BCUT2D eigenvalue weighted by molar-refractivity contribution is -0.182. The summed E-state index contributed by atoms with van der Waals surface area (Å²) < 4.78 is 17.3. The molecular formula is C19H26N4O4. The molecule has 1 N–H and O–H groups in total. The van der Waals surface area contributed by atoms with Gasteiger partial charge in [0.2, 0.25) is 5.91 Å². The summed E-state index contributed by atoms with van der Waals surface area (Å²) in [5.74, 6) is -0.235. The summed E-state index contributed by atoms with van der Waals surface area (Å²) in [5, 5.41) is 6.78. The summed E-state index contributed by atoms with van der Waals surface area (Å²) in [4.78, 5) is 15.5. The Morgan fingerprint density at radius 1 is 1.41 bits per heavy atom. The number of hydrogen-bond donors (Lipinski definition) is 1. The van der Waals surface area contributed by atoms with Gasteiger partial charge in [-0.3, -0.25) is 4.79 Å². The van der Waals surface area contributed by atoms with Crippen LogP contribution in [-0.2, 0) is 25.4 Å². The fourth-order valence-corrected chi connectivity index (χ4v) is 3.63. The molecule has 0 radical (unpaired) electrons. The Hall–Kier alpha value is -2.12. The van der Waals surface area contributed by atoms with E-state index in [1.807, 2.05) is 44.2 Å². The van der Waals surface area contributed by atoms with Gasteiger partial charge in [0.05, 0.1) is 18.8 Å². The molecular weight excluding hydrogens is 348 g/mol. The molecule has 2 aliphatic rings. The highest BCUT2D eigenvalue weighted by Crippen LogP contribution is 2.36. The quantitative estimate of drug-likeness (QED) is 0.450. The van der Waals surface area contributed by atoms with Crippen LogP contribution in [0.2, 0.25) is 0 Å². The second kappa shape index (κ2) is 8.71. The fraction of sp³-hybridized carbons (Fsp3) is 0.632. The second-order valence-corrected chi connectivity index (χ2v) is 7.27. The van der Waals surface area contributed by atoms with Crippen molar-refractivity contribution < 1.29 is 19.0 Å². The van der Waals surface area contributed by atoms with Crippen molar-refractivity contribution in [1.29, 1.82) is 0 Å². The molecule has 0 spiro atoms. The highest BCUT2D eigenvalue weighted by atomic mass is 16.7. The molecule has 3 rings (SSSR count). The predicted molar refractivity (Wildman–Crippen MR) is 98.8 cm³/mol. The largest absolute Gasteiger partial charge is 0.364 e. The van der Waals surface area contributed by atoms with Crippen LogP contribution in [0.25, 0.3) is 10.4 Å². The molecule has 2 fully saturated rings. The van der Waals surface area contributed by atoms with Gasteiger partial charge in [0, 0.05) is 16.9 Å². The molecule has 0 unspecified atom stereocenters. The number of ether oxygens (including phenoxy) is 3. The lowest BCUT2D eigenvalue weighted by Gasteiger charge is -2.38. The van der Waals surface area contributed by atoms with Crippen LogP contribution in [0.5, 0.6) is 0 Å². The third-order valence-corrected chi connectivity index (χ3v) is 5.14. The third-order valence-electron chi connectivity index (χ3n) is 5.14. The van der Waals surface area contributed by atoms with E-state index < -0.39 is 24.5 Å². The van der Waals surface area contributed by atoms with Gasteiger partial charge >= 0.3 is 0 Å². The van der Waals surface area contributed by atoms with Gasteiger partial charge in [-0.25, -0.2) is 0 Å². The molecule has 1 amide bonds. The van der Waals surface area contributed by atoms with E-state index in [0.29, 0.717) is 6.61 Å². The zero-order valence-electron chi connectivity index (χ0n) is 15.8. The van der Waals surface area contributed by atoms with Crippen LogP contribution in [0, 0.1) is 5.92 Å². The first-order chi connectivity index (χ1) is 13.0.